The minimum Gasteiger partial charge on any atom is -0.345 e. The number of imidazole rings is 1. The molecule has 116 valence electrons. The van der Waals surface area contributed by atoms with Gasteiger partial charge >= 0.3 is 0 Å². The summed E-state index contributed by atoms with van der Waals surface area (Å²) < 4.78 is 3.72. The summed E-state index contributed by atoms with van der Waals surface area (Å²) in [7, 11) is 2.03. The van der Waals surface area contributed by atoms with Crippen LogP contribution >= 0.6 is 11.3 Å². The molecule has 3 aromatic heterocycles. The summed E-state index contributed by atoms with van der Waals surface area (Å²) in [5, 5.41) is 9.94. The molecular formula is C16H16N6S. The number of hydrogen-bond donors (Lipinski definition) is 0. The first kappa shape index (κ1) is 14.0. The first-order valence-corrected chi connectivity index (χ1v) is 8.13. The number of fused-ring (bicyclic) bond motifs is 1. The molecule has 0 amide bonds. The average Bonchev–Trinajstić information content (AvgIpc) is 3.22. The van der Waals surface area contributed by atoms with Crippen molar-refractivity contribution in [3.63, 3.8) is 0 Å². The quantitative estimate of drug-likeness (QED) is 0.579. The SMILES string of the molecule is Cc1cn2nc(N(C)Cc3cnn(-c4ccccc4)c3)sc2n1. The maximum absolute atomic E-state index is 4.57. The van der Waals surface area contributed by atoms with E-state index in [1.165, 1.54) is 0 Å². The molecule has 0 unspecified atom stereocenters. The van der Waals surface area contributed by atoms with E-state index < -0.39 is 0 Å². The van der Waals surface area contributed by atoms with Crippen LogP contribution in [-0.2, 0) is 6.54 Å². The first-order valence-electron chi connectivity index (χ1n) is 7.32. The van der Waals surface area contributed by atoms with Gasteiger partial charge in [-0.05, 0) is 19.1 Å². The predicted octanol–water partition coefficient (Wildman–Crippen LogP) is 2.92. The highest BCUT2D eigenvalue weighted by molar-refractivity contribution is 7.20. The third kappa shape index (κ3) is 2.70. The highest BCUT2D eigenvalue weighted by Crippen LogP contribution is 2.23. The van der Waals surface area contributed by atoms with Crippen LogP contribution in [0.4, 0.5) is 5.13 Å². The average molecular weight is 324 g/mol. The Hall–Kier alpha value is -2.67. The molecule has 0 radical (unpaired) electrons. The molecule has 0 saturated carbocycles. The fourth-order valence-electron chi connectivity index (χ4n) is 2.46. The van der Waals surface area contributed by atoms with Crippen LogP contribution < -0.4 is 4.90 Å². The van der Waals surface area contributed by atoms with Crippen LogP contribution in [0.15, 0.2) is 48.9 Å². The molecular weight excluding hydrogens is 308 g/mol. The number of nitrogens with zero attached hydrogens (tertiary/aromatic N) is 6. The Bertz CT molecular complexity index is 904. The fourth-order valence-corrected chi connectivity index (χ4v) is 3.35. The third-order valence-corrected chi connectivity index (χ3v) is 4.59. The summed E-state index contributed by atoms with van der Waals surface area (Å²) in [5.74, 6) is 0. The molecule has 0 aliphatic heterocycles. The molecule has 4 aromatic rings. The predicted molar refractivity (Wildman–Crippen MR) is 91.3 cm³/mol. The summed E-state index contributed by atoms with van der Waals surface area (Å²) in [6.07, 6.45) is 5.89. The number of anilines is 1. The van der Waals surface area contributed by atoms with Crippen LogP contribution in [0.25, 0.3) is 10.6 Å². The second-order valence-electron chi connectivity index (χ2n) is 5.48. The largest absolute Gasteiger partial charge is 0.345 e. The lowest BCUT2D eigenvalue weighted by molar-refractivity contribution is 0.864. The van der Waals surface area contributed by atoms with Gasteiger partial charge in [-0.1, -0.05) is 29.5 Å². The molecule has 4 rings (SSSR count). The molecule has 3 heterocycles. The van der Waals surface area contributed by atoms with Gasteiger partial charge in [0, 0.05) is 25.4 Å². The Morgan fingerprint density at radius 1 is 1.17 bits per heavy atom. The molecule has 0 spiro atoms. The van der Waals surface area contributed by atoms with Gasteiger partial charge in [-0.25, -0.2) is 14.2 Å². The van der Waals surface area contributed by atoms with Crippen LogP contribution in [0, 0.1) is 6.92 Å². The molecule has 7 heteroatoms. The highest BCUT2D eigenvalue weighted by atomic mass is 32.1. The lowest BCUT2D eigenvalue weighted by Crippen LogP contribution is -2.16. The molecule has 0 saturated heterocycles. The Balaban J connectivity index is 1.53. The zero-order valence-electron chi connectivity index (χ0n) is 12.9. The standard InChI is InChI=1S/C16H16N6S/c1-12-9-22-15(18-12)23-16(19-22)20(2)10-13-8-17-21(11-13)14-6-4-3-5-7-14/h3-9,11H,10H2,1-2H3. The summed E-state index contributed by atoms with van der Waals surface area (Å²) >= 11 is 1.59. The summed E-state index contributed by atoms with van der Waals surface area (Å²) in [4.78, 5) is 7.48. The summed E-state index contributed by atoms with van der Waals surface area (Å²) in [5.41, 5.74) is 3.19. The van der Waals surface area contributed by atoms with Crippen molar-refractivity contribution in [2.75, 3.05) is 11.9 Å². The van der Waals surface area contributed by atoms with Crippen molar-refractivity contribution in [1.82, 2.24) is 24.4 Å². The highest BCUT2D eigenvalue weighted by Gasteiger charge is 2.12. The van der Waals surface area contributed by atoms with E-state index in [1.807, 2.05) is 65.9 Å². The van der Waals surface area contributed by atoms with Crippen LogP contribution in [0.5, 0.6) is 0 Å². The lowest BCUT2D eigenvalue weighted by atomic mass is 10.3. The maximum Gasteiger partial charge on any atom is 0.214 e. The van der Waals surface area contributed by atoms with E-state index >= 15 is 0 Å². The van der Waals surface area contributed by atoms with Crippen molar-refractivity contribution in [1.29, 1.82) is 0 Å². The fraction of sp³-hybridized carbons (Fsp3) is 0.188. The van der Waals surface area contributed by atoms with E-state index in [-0.39, 0.29) is 0 Å². The van der Waals surface area contributed by atoms with Crippen LogP contribution in [0.3, 0.4) is 0 Å². The van der Waals surface area contributed by atoms with Gasteiger partial charge in [-0.15, -0.1) is 5.10 Å². The van der Waals surface area contributed by atoms with E-state index in [0.717, 1.165) is 33.6 Å². The molecule has 0 atom stereocenters. The Kier molecular flexibility index (Phi) is 3.34. The Labute approximate surface area is 137 Å². The number of rotatable bonds is 4. The molecule has 6 nitrogen and oxygen atoms in total. The van der Waals surface area contributed by atoms with Crippen molar-refractivity contribution < 1.29 is 0 Å². The van der Waals surface area contributed by atoms with E-state index in [1.54, 1.807) is 11.3 Å². The monoisotopic (exact) mass is 324 g/mol. The van der Waals surface area contributed by atoms with Crippen molar-refractivity contribution in [3.8, 4) is 5.69 Å². The maximum atomic E-state index is 4.57. The van der Waals surface area contributed by atoms with Gasteiger partial charge in [-0.2, -0.15) is 5.10 Å². The number of benzene rings is 1. The molecule has 0 N–H and O–H groups in total. The van der Waals surface area contributed by atoms with E-state index in [0.29, 0.717) is 0 Å². The second-order valence-corrected chi connectivity index (χ2v) is 6.41. The molecule has 0 fully saturated rings. The number of para-hydroxylation sites is 1. The van der Waals surface area contributed by atoms with Crippen molar-refractivity contribution in [3.05, 3.63) is 60.2 Å². The topological polar surface area (TPSA) is 51.2 Å². The normalized spacial score (nSPS) is 11.2. The molecule has 0 bridgehead atoms. The number of aromatic nitrogens is 5. The first-order chi connectivity index (χ1) is 11.2. The van der Waals surface area contributed by atoms with Crippen molar-refractivity contribution in [2.45, 2.75) is 13.5 Å². The molecule has 0 aliphatic carbocycles. The van der Waals surface area contributed by atoms with Gasteiger partial charge in [0.05, 0.1) is 23.8 Å². The Morgan fingerprint density at radius 3 is 2.78 bits per heavy atom. The van der Waals surface area contributed by atoms with Gasteiger partial charge in [0.15, 0.2) is 0 Å². The van der Waals surface area contributed by atoms with Gasteiger partial charge in [0.2, 0.25) is 10.1 Å². The van der Waals surface area contributed by atoms with Gasteiger partial charge in [0.25, 0.3) is 0 Å². The van der Waals surface area contributed by atoms with Gasteiger partial charge < -0.3 is 4.90 Å². The van der Waals surface area contributed by atoms with E-state index in [2.05, 4.69) is 26.3 Å². The smallest absolute Gasteiger partial charge is 0.214 e. The van der Waals surface area contributed by atoms with E-state index in [4.69, 9.17) is 0 Å². The minimum absolute atomic E-state index is 0.752. The van der Waals surface area contributed by atoms with Crippen LogP contribution in [0.1, 0.15) is 11.3 Å². The molecule has 1 aromatic carbocycles. The van der Waals surface area contributed by atoms with Crippen LogP contribution in [0.2, 0.25) is 0 Å². The molecule has 23 heavy (non-hydrogen) atoms. The van der Waals surface area contributed by atoms with Crippen LogP contribution in [-0.4, -0.2) is 31.4 Å². The summed E-state index contributed by atoms with van der Waals surface area (Å²) in [6, 6.07) is 10.1. The van der Waals surface area contributed by atoms with Crippen molar-refractivity contribution >= 4 is 21.4 Å². The van der Waals surface area contributed by atoms with Crippen molar-refractivity contribution in [2.24, 2.45) is 0 Å². The Morgan fingerprint density at radius 2 is 2.00 bits per heavy atom. The lowest BCUT2D eigenvalue weighted by Gasteiger charge is -2.13. The molecule has 0 aliphatic rings. The summed E-state index contributed by atoms with van der Waals surface area (Å²) in [6.45, 7) is 2.73. The van der Waals surface area contributed by atoms with E-state index in [9.17, 15) is 0 Å². The number of aryl methyl sites for hydroxylation is 1. The number of hydrogen-bond acceptors (Lipinski definition) is 5. The third-order valence-electron chi connectivity index (χ3n) is 3.56. The van der Waals surface area contributed by atoms with Gasteiger partial charge in [-0.3, -0.25) is 0 Å². The zero-order valence-corrected chi connectivity index (χ0v) is 13.7. The second kappa shape index (κ2) is 5.51. The minimum atomic E-state index is 0.752. The van der Waals surface area contributed by atoms with Gasteiger partial charge in [0.1, 0.15) is 0 Å². The zero-order chi connectivity index (χ0) is 15.8.